The average molecular weight is 655 g/mol. The Morgan fingerprint density at radius 2 is 1.02 bits per heavy atom. The quantitative estimate of drug-likeness (QED) is 0.189. The highest BCUT2D eigenvalue weighted by molar-refractivity contribution is 6.22. The van der Waals surface area contributed by atoms with Crippen molar-refractivity contribution in [3.05, 3.63) is 158 Å². The van der Waals surface area contributed by atoms with E-state index in [1.807, 2.05) is 97.1 Å². The number of rotatable bonds is 4. The van der Waals surface area contributed by atoms with Gasteiger partial charge in [0.1, 0.15) is 22.3 Å². The molecule has 0 aliphatic heterocycles. The molecule has 6 heteroatoms. The molecule has 0 saturated heterocycles. The molecule has 0 unspecified atom stereocenters. The van der Waals surface area contributed by atoms with E-state index in [1.54, 1.807) is 0 Å². The summed E-state index contributed by atoms with van der Waals surface area (Å²) in [5.74, 6) is 1.70. The lowest BCUT2D eigenvalue weighted by atomic mass is 9.98. The van der Waals surface area contributed by atoms with Gasteiger partial charge in [0.25, 0.3) is 0 Å². The van der Waals surface area contributed by atoms with E-state index in [4.69, 9.17) is 23.8 Å². The third-order valence-corrected chi connectivity index (χ3v) is 9.87. The highest BCUT2D eigenvalue weighted by Gasteiger charge is 2.23. The van der Waals surface area contributed by atoms with Gasteiger partial charge in [-0.2, -0.15) is 9.97 Å². The Balaban J connectivity index is 1.28. The minimum Gasteiger partial charge on any atom is -0.456 e. The summed E-state index contributed by atoms with van der Waals surface area (Å²) in [6, 6.07) is 53.8. The summed E-state index contributed by atoms with van der Waals surface area (Å²) < 4.78 is 15.1. The molecule has 4 aromatic heterocycles. The van der Waals surface area contributed by atoms with E-state index < -0.39 is 0 Å². The van der Waals surface area contributed by atoms with Crippen LogP contribution in [0.5, 0.6) is 0 Å². The Morgan fingerprint density at radius 1 is 0.412 bits per heavy atom. The summed E-state index contributed by atoms with van der Waals surface area (Å²) in [5, 5.41) is 6.41. The van der Waals surface area contributed by atoms with Gasteiger partial charge in [-0.25, -0.2) is 4.98 Å². The van der Waals surface area contributed by atoms with Crippen molar-refractivity contribution in [2.24, 2.45) is 0 Å². The second-order valence-corrected chi connectivity index (χ2v) is 12.8. The Bertz CT molecular complexity index is 3080. The maximum absolute atomic E-state index is 6.69. The van der Waals surface area contributed by atoms with Crippen LogP contribution in [0, 0.1) is 0 Å². The lowest BCUT2D eigenvalue weighted by molar-refractivity contribution is 0.669. The molecule has 0 N–H and O–H groups in total. The van der Waals surface area contributed by atoms with Gasteiger partial charge in [-0.3, -0.25) is 4.57 Å². The fraction of sp³-hybridized carbons (Fsp3) is 0. The van der Waals surface area contributed by atoms with Crippen LogP contribution in [-0.2, 0) is 0 Å². The van der Waals surface area contributed by atoms with Gasteiger partial charge in [-0.1, -0.05) is 127 Å². The summed E-state index contributed by atoms with van der Waals surface area (Å²) in [6.07, 6.45) is 0. The lowest BCUT2D eigenvalue weighted by Crippen LogP contribution is -2.06. The number of furan rings is 2. The summed E-state index contributed by atoms with van der Waals surface area (Å²) in [5.41, 5.74) is 9.20. The van der Waals surface area contributed by atoms with Crippen molar-refractivity contribution < 1.29 is 8.83 Å². The SMILES string of the molecule is c1ccc(-c2nc(-c3ccccc3)nc(-n3c4cc(-c5cccc6oc7ccccc7c56)ccc4c4ccc5c6ccccc6oc5c43)n2)cc1. The maximum atomic E-state index is 6.69. The predicted octanol–water partition coefficient (Wildman–Crippen LogP) is 11.8. The molecule has 0 spiro atoms. The molecule has 0 amide bonds. The Kier molecular flexibility index (Phi) is 5.86. The van der Waals surface area contributed by atoms with E-state index >= 15 is 0 Å². The van der Waals surface area contributed by atoms with Crippen LogP contribution in [0.4, 0.5) is 0 Å². The highest BCUT2D eigenvalue weighted by Crippen LogP contribution is 2.43. The number of hydrogen-bond donors (Lipinski definition) is 0. The number of nitrogens with zero attached hydrogens (tertiary/aromatic N) is 4. The molecular weight excluding hydrogens is 629 g/mol. The van der Waals surface area contributed by atoms with Crippen molar-refractivity contribution in [1.29, 1.82) is 0 Å². The number of aromatic nitrogens is 4. The lowest BCUT2D eigenvalue weighted by Gasteiger charge is -2.11. The molecule has 11 rings (SSSR count). The number of benzene rings is 7. The first kappa shape index (κ1) is 27.9. The van der Waals surface area contributed by atoms with Gasteiger partial charge in [-0.05, 0) is 41.5 Å². The molecule has 51 heavy (non-hydrogen) atoms. The van der Waals surface area contributed by atoms with Crippen molar-refractivity contribution in [3.63, 3.8) is 0 Å². The van der Waals surface area contributed by atoms with Crippen molar-refractivity contribution in [2.45, 2.75) is 0 Å². The van der Waals surface area contributed by atoms with Gasteiger partial charge in [0.15, 0.2) is 17.2 Å². The van der Waals surface area contributed by atoms with Gasteiger partial charge < -0.3 is 8.83 Å². The second-order valence-electron chi connectivity index (χ2n) is 12.8. The Hall–Kier alpha value is -7.05. The number of fused-ring (bicyclic) bond motifs is 10. The van der Waals surface area contributed by atoms with E-state index in [9.17, 15) is 0 Å². The Morgan fingerprint density at radius 3 is 1.76 bits per heavy atom. The van der Waals surface area contributed by atoms with Crippen LogP contribution in [-0.4, -0.2) is 19.5 Å². The van der Waals surface area contributed by atoms with Crippen LogP contribution in [0.15, 0.2) is 167 Å². The van der Waals surface area contributed by atoms with Crippen LogP contribution in [0.1, 0.15) is 0 Å². The summed E-state index contributed by atoms with van der Waals surface area (Å²) >= 11 is 0. The fourth-order valence-corrected chi connectivity index (χ4v) is 7.57. The van der Waals surface area contributed by atoms with Crippen LogP contribution in [0.2, 0.25) is 0 Å². The minimum atomic E-state index is 0.514. The first-order valence-electron chi connectivity index (χ1n) is 16.9. The van der Waals surface area contributed by atoms with Crippen LogP contribution < -0.4 is 0 Å². The average Bonchev–Trinajstić information content (AvgIpc) is 3.88. The Labute approximate surface area is 290 Å². The molecule has 4 heterocycles. The van der Waals surface area contributed by atoms with Gasteiger partial charge in [0, 0.05) is 43.4 Å². The fourth-order valence-electron chi connectivity index (χ4n) is 7.57. The monoisotopic (exact) mass is 654 g/mol. The molecule has 11 aromatic rings. The number of para-hydroxylation sites is 2. The minimum absolute atomic E-state index is 0.514. The van der Waals surface area contributed by atoms with Gasteiger partial charge in [0.05, 0.1) is 5.52 Å². The molecule has 0 aliphatic rings. The van der Waals surface area contributed by atoms with Crippen molar-refractivity contribution in [1.82, 2.24) is 19.5 Å². The van der Waals surface area contributed by atoms with Crippen LogP contribution >= 0.6 is 0 Å². The third-order valence-electron chi connectivity index (χ3n) is 9.87. The smallest absolute Gasteiger partial charge is 0.238 e. The standard InChI is InChI=1S/C45H26N4O2/c1-3-12-27(13-4-1)43-46-44(28-14-5-2-6-15-28)48-45(47-43)49-36-26-29(30-18-11-21-39-40(30)35-17-8-10-20-38(35)50-39)22-23-31(36)33-24-25-34-32-16-7-9-19-37(32)51-42(34)41(33)49/h1-26H. The summed E-state index contributed by atoms with van der Waals surface area (Å²) in [4.78, 5) is 15.4. The van der Waals surface area contributed by atoms with E-state index in [2.05, 4.69) is 65.2 Å². The molecule has 7 aromatic carbocycles. The van der Waals surface area contributed by atoms with Gasteiger partial charge in [-0.15, -0.1) is 0 Å². The van der Waals surface area contributed by atoms with E-state index in [0.29, 0.717) is 17.6 Å². The normalized spacial score (nSPS) is 11.9. The third kappa shape index (κ3) is 4.20. The van der Waals surface area contributed by atoms with Crippen molar-refractivity contribution in [2.75, 3.05) is 0 Å². The molecule has 0 radical (unpaired) electrons. The van der Waals surface area contributed by atoms with E-state index in [-0.39, 0.29) is 0 Å². The van der Waals surface area contributed by atoms with E-state index in [1.165, 1.54) is 0 Å². The largest absolute Gasteiger partial charge is 0.456 e. The molecule has 238 valence electrons. The van der Waals surface area contributed by atoms with Crippen molar-refractivity contribution in [3.8, 4) is 39.9 Å². The van der Waals surface area contributed by atoms with E-state index in [0.717, 1.165) is 87.9 Å². The maximum Gasteiger partial charge on any atom is 0.238 e. The molecule has 0 atom stereocenters. The zero-order chi connectivity index (χ0) is 33.5. The first-order chi connectivity index (χ1) is 25.3. The zero-order valence-electron chi connectivity index (χ0n) is 27.1. The number of hydrogen-bond acceptors (Lipinski definition) is 5. The summed E-state index contributed by atoms with van der Waals surface area (Å²) in [6.45, 7) is 0. The molecule has 6 nitrogen and oxygen atoms in total. The molecule has 0 saturated carbocycles. The van der Waals surface area contributed by atoms with Crippen LogP contribution in [0.25, 0.3) is 106 Å². The summed E-state index contributed by atoms with van der Waals surface area (Å²) in [7, 11) is 0. The zero-order valence-corrected chi connectivity index (χ0v) is 27.1. The molecule has 0 aliphatic carbocycles. The van der Waals surface area contributed by atoms with Gasteiger partial charge >= 0.3 is 0 Å². The molecule has 0 bridgehead atoms. The highest BCUT2D eigenvalue weighted by atomic mass is 16.3. The topological polar surface area (TPSA) is 69.9 Å². The molecule has 0 fully saturated rings. The van der Waals surface area contributed by atoms with Crippen molar-refractivity contribution >= 4 is 65.7 Å². The van der Waals surface area contributed by atoms with Crippen LogP contribution in [0.3, 0.4) is 0 Å². The first-order valence-corrected chi connectivity index (χ1v) is 16.9. The second kappa shape index (κ2) is 10.7. The predicted molar refractivity (Wildman–Crippen MR) is 205 cm³/mol. The molecular formula is C45H26N4O2. The van der Waals surface area contributed by atoms with Gasteiger partial charge in [0.2, 0.25) is 5.95 Å².